The lowest BCUT2D eigenvalue weighted by Gasteiger charge is -1.96. The van der Waals surface area contributed by atoms with Crippen molar-refractivity contribution in [2.24, 2.45) is 4.99 Å². The Labute approximate surface area is 64.4 Å². The molecule has 6 heteroatoms. The predicted octanol–water partition coefficient (Wildman–Crippen LogP) is -1.44. The Morgan fingerprint density at radius 3 is 2.64 bits per heavy atom. The minimum atomic E-state index is -3.08. The van der Waals surface area contributed by atoms with Crippen LogP contribution in [0.15, 0.2) is 4.99 Å². The van der Waals surface area contributed by atoms with Gasteiger partial charge in [0.05, 0.1) is 0 Å². The molecule has 11 heavy (non-hydrogen) atoms. The summed E-state index contributed by atoms with van der Waals surface area (Å²) >= 11 is 0. The van der Waals surface area contributed by atoms with E-state index in [1.54, 1.807) is 0 Å². The van der Waals surface area contributed by atoms with Crippen LogP contribution in [-0.4, -0.2) is 38.7 Å². The normalized spacial score (nSPS) is 17.9. The first kappa shape index (κ1) is 8.19. The highest BCUT2D eigenvalue weighted by Gasteiger charge is 2.16. The summed E-state index contributed by atoms with van der Waals surface area (Å²) in [4.78, 5) is 14.2. The summed E-state index contributed by atoms with van der Waals surface area (Å²) in [7, 11) is -3.08. The van der Waals surface area contributed by atoms with Crippen LogP contribution in [0, 0.1) is 0 Å². The summed E-state index contributed by atoms with van der Waals surface area (Å²) in [6.07, 6.45) is 1.10. The number of hydrogen-bond donors (Lipinski definition) is 1. The number of carbonyl (C=O) groups excluding carboxylic acids is 1. The number of nitrogens with zero attached hydrogens (tertiary/aromatic N) is 1. The molecule has 0 saturated carbocycles. The van der Waals surface area contributed by atoms with E-state index in [4.69, 9.17) is 0 Å². The van der Waals surface area contributed by atoms with Gasteiger partial charge in [-0.3, -0.25) is 9.79 Å². The zero-order chi connectivity index (χ0) is 8.48. The lowest BCUT2D eigenvalue weighted by atomic mass is 10.6. The van der Waals surface area contributed by atoms with Crippen LogP contribution in [0.1, 0.15) is 0 Å². The van der Waals surface area contributed by atoms with Gasteiger partial charge in [0, 0.05) is 6.26 Å². The van der Waals surface area contributed by atoms with E-state index in [1.807, 2.05) is 0 Å². The van der Waals surface area contributed by atoms with Crippen molar-refractivity contribution in [3.8, 4) is 0 Å². The van der Waals surface area contributed by atoms with Gasteiger partial charge in [-0.2, -0.15) is 0 Å². The van der Waals surface area contributed by atoms with E-state index in [9.17, 15) is 13.2 Å². The summed E-state index contributed by atoms with van der Waals surface area (Å²) in [5.41, 5.74) is 0. The van der Waals surface area contributed by atoms with Crippen molar-refractivity contribution in [3.63, 3.8) is 0 Å². The van der Waals surface area contributed by atoms with Gasteiger partial charge in [-0.25, -0.2) is 8.42 Å². The van der Waals surface area contributed by atoms with Gasteiger partial charge in [0.2, 0.25) is 5.91 Å². The van der Waals surface area contributed by atoms with Crippen molar-refractivity contribution in [2.45, 2.75) is 0 Å². The van der Waals surface area contributed by atoms with Gasteiger partial charge >= 0.3 is 0 Å². The van der Waals surface area contributed by atoms with E-state index in [0.29, 0.717) is 0 Å². The fraction of sp³-hybridized carbons (Fsp3) is 0.600. The highest BCUT2D eigenvalue weighted by molar-refractivity contribution is 7.91. The van der Waals surface area contributed by atoms with Crippen molar-refractivity contribution in [1.29, 1.82) is 0 Å². The average Bonchev–Trinajstić information content (AvgIpc) is 2.10. The second-order valence-corrected chi connectivity index (χ2v) is 4.52. The molecular formula is C5H8N2O3S. The number of amides is 1. The Bertz CT molecular complexity index is 304. The largest absolute Gasteiger partial charge is 0.312 e. The average molecular weight is 176 g/mol. The molecule has 0 aromatic rings. The monoisotopic (exact) mass is 176 g/mol. The molecular weight excluding hydrogens is 168 g/mol. The van der Waals surface area contributed by atoms with Crippen LogP contribution in [0.4, 0.5) is 0 Å². The fourth-order valence-electron chi connectivity index (χ4n) is 0.737. The quantitative estimate of drug-likeness (QED) is 0.559. The third-order valence-electron chi connectivity index (χ3n) is 1.10. The van der Waals surface area contributed by atoms with Gasteiger partial charge < -0.3 is 5.32 Å². The van der Waals surface area contributed by atoms with E-state index in [1.165, 1.54) is 0 Å². The molecule has 1 N–H and O–H groups in total. The topological polar surface area (TPSA) is 75.6 Å². The standard InChI is InChI=1S/C5H8N2O3S/c1-11(9,10)3-4-6-2-5(8)7-4/h2-3H2,1H3,(H,6,7,8). The van der Waals surface area contributed by atoms with E-state index < -0.39 is 9.84 Å². The van der Waals surface area contributed by atoms with Gasteiger partial charge in [-0.15, -0.1) is 0 Å². The van der Waals surface area contributed by atoms with Crippen molar-refractivity contribution < 1.29 is 13.2 Å². The minimum Gasteiger partial charge on any atom is -0.312 e. The molecule has 1 heterocycles. The zero-order valence-corrected chi connectivity index (χ0v) is 6.81. The van der Waals surface area contributed by atoms with Gasteiger partial charge in [-0.1, -0.05) is 0 Å². The minimum absolute atomic E-state index is 0.0465. The lowest BCUT2D eigenvalue weighted by Crippen LogP contribution is -2.29. The molecule has 0 spiro atoms. The number of hydrogen-bond acceptors (Lipinski definition) is 4. The smallest absolute Gasteiger partial charge is 0.247 e. The van der Waals surface area contributed by atoms with Gasteiger partial charge in [0.15, 0.2) is 9.84 Å². The molecule has 0 aromatic heterocycles. The van der Waals surface area contributed by atoms with Crippen LogP contribution < -0.4 is 5.32 Å². The Hall–Kier alpha value is -0.910. The highest BCUT2D eigenvalue weighted by atomic mass is 32.2. The molecule has 0 saturated heterocycles. The first-order valence-electron chi connectivity index (χ1n) is 2.98. The van der Waals surface area contributed by atoms with Gasteiger partial charge in [0.1, 0.15) is 18.1 Å². The molecule has 0 atom stereocenters. The lowest BCUT2D eigenvalue weighted by molar-refractivity contribution is -0.117. The van der Waals surface area contributed by atoms with Gasteiger partial charge in [-0.05, 0) is 0 Å². The first-order valence-corrected chi connectivity index (χ1v) is 5.04. The summed E-state index contributed by atoms with van der Waals surface area (Å²) in [5, 5.41) is 2.34. The first-order chi connectivity index (χ1) is 4.97. The van der Waals surface area contributed by atoms with E-state index in [0.717, 1.165) is 6.26 Å². The van der Waals surface area contributed by atoms with Crippen molar-refractivity contribution in [3.05, 3.63) is 0 Å². The van der Waals surface area contributed by atoms with Crippen LogP contribution in [0.3, 0.4) is 0 Å². The summed E-state index contributed by atoms with van der Waals surface area (Å²) in [6, 6.07) is 0. The number of sulfone groups is 1. The molecule has 0 radical (unpaired) electrons. The van der Waals surface area contributed by atoms with Crippen LogP contribution in [0.25, 0.3) is 0 Å². The predicted molar refractivity (Wildman–Crippen MR) is 40.2 cm³/mol. The molecule has 1 amide bonds. The molecule has 0 fully saturated rings. The number of amidine groups is 1. The summed E-state index contributed by atoms with van der Waals surface area (Å²) < 4.78 is 21.3. The maximum Gasteiger partial charge on any atom is 0.247 e. The van der Waals surface area contributed by atoms with Crippen LogP contribution >= 0.6 is 0 Å². The molecule has 1 rings (SSSR count). The van der Waals surface area contributed by atoms with E-state index >= 15 is 0 Å². The SMILES string of the molecule is CS(=O)(=O)CC1=NCC(=O)N1. The Balaban J connectivity index is 2.60. The molecule has 0 unspecified atom stereocenters. The van der Waals surface area contributed by atoms with Crippen LogP contribution in [-0.2, 0) is 14.6 Å². The number of nitrogens with one attached hydrogen (secondary N) is 1. The number of rotatable bonds is 2. The van der Waals surface area contributed by atoms with Crippen molar-refractivity contribution in [1.82, 2.24) is 5.32 Å². The number of carbonyl (C=O) groups is 1. The second-order valence-electron chi connectivity index (χ2n) is 2.38. The Morgan fingerprint density at radius 1 is 1.64 bits per heavy atom. The Morgan fingerprint density at radius 2 is 2.27 bits per heavy atom. The third kappa shape index (κ3) is 2.67. The Kier molecular flexibility index (Phi) is 1.95. The summed E-state index contributed by atoms with van der Waals surface area (Å²) in [6.45, 7) is 0.0465. The molecule has 0 aliphatic carbocycles. The molecule has 1 aliphatic heterocycles. The molecule has 0 aromatic carbocycles. The zero-order valence-electron chi connectivity index (χ0n) is 5.99. The van der Waals surface area contributed by atoms with Crippen molar-refractivity contribution in [2.75, 3.05) is 18.6 Å². The summed E-state index contributed by atoms with van der Waals surface area (Å²) in [5.74, 6) is -0.181. The third-order valence-corrected chi connectivity index (χ3v) is 1.89. The maximum atomic E-state index is 10.7. The molecule has 1 aliphatic rings. The number of aliphatic imine (C=N–C) groups is 1. The highest BCUT2D eigenvalue weighted by Crippen LogP contribution is 1.91. The van der Waals surface area contributed by atoms with Gasteiger partial charge in [0.25, 0.3) is 0 Å². The van der Waals surface area contributed by atoms with E-state index in [2.05, 4.69) is 10.3 Å². The fourth-order valence-corrected chi connectivity index (χ4v) is 1.40. The van der Waals surface area contributed by atoms with Crippen LogP contribution in [0.5, 0.6) is 0 Å². The molecule has 0 bridgehead atoms. The molecule has 62 valence electrons. The van der Waals surface area contributed by atoms with Crippen LogP contribution in [0.2, 0.25) is 0 Å². The van der Waals surface area contributed by atoms with E-state index in [-0.39, 0.29) is 24.0 Å². The second kappa shape index (κ2) is 2.61. The van der Waals surface area contributed by atoms with Crippen molar-refractivity contribution >= 4 is 21.6 Å². The molecule has 5 nitrogen and oxygen atoms in total. The maximum absolute atomic E-state index is 10.7.